The van der Waals surface area contributed by atoms with Crippen LogP contribution in [0.1, 0.15) is 36.0 Å². The molecule has 1 N–H and O–H groups in total. The third kappa shape index (κ3) is 4.46. The molecule has 1 aromatic rings. The molecule has 0 bridgehead atoms. The molecule has 0 aliphatic heterocycles. The van der Waals surface area contributed by atoms with Crippen LogP contribution in [0.2, 0.25) is 0 Å². The molecule has 0 aromatic heterocycles. The van der Waals surface area contributed by atoms with Gasteiger partial charge in [0.25, 0.3) is 0 Å². The largest absolute Gasteiger partial charge is 0.496 e. The zero-order chi connectivity index (χ0) is 15.4. The Morgan fingerprint density at radius 2 is 2.00 bits per heavy atom. The number of hydrogen-bond acceptors (Lipinski definition) is 4. The van der Waals surface area contributed by atoms with Crippen LogP contribution in [0.15, 0.2) is 12.1 Å². The standard InChI is InChI=1S/C17H25NO3/c1-11-8-16(20-3)12(2)7-13(11)9-15(10-17(19)21-4)18-14-5-6-14/h7-8,14-15,18H,5-6,9-10H2,1-4H3. The topological polar surface area (TPSA) is 47.6 Å². The molecular weight excluding hydrogens is 266 g/mol. The van der Waals surface area contributed by atoms with Crippen LogP contribution in [0.3, 0.4) is 0 Å². The molecule has 4 nitrogen and oxygen atoms in total. The van der Waals surface area contributed by atoms with Gasteiger partial charge in [-0.25, -0.2) is 0 Å². The molecule has 21 heavy (non-hydrogen) atoms. The van der Waals surface area contributed by atoms with E-state index >= 15 is 0 Å². The third-order valence-corrected chi connectivity index (χ3v) is 4.01. The first kappa shape index (κ1) is 15.8. The monoisotopic (exact) mass is 291 g/mol. The van der Waals surface area contributed by atoms with Gasteiger partial charge in [0.15, 0.2) is 0 Å². The minimum Gasteiger partial charge on any atom is -0.496 e. The fraction of sp³-hybridized carbons (Fsp3) is 0.588. The van der Waals surface area contributed by atoms with E-state index in [4.69, 9.17) is 9.47 Å². The normalized spacial score (nSPS) is 15.6. The number of esters is 1. The average Bonchev–Trinajstić information content (AvgIpc) is 3.26. The Morgan fingerprint density at radius 1 is 1.29 bits per heavy atom. The molecule has 1 saturated carbocycles. The molecule has 2 rings (SSSR count). The number of hydrogen-bond donors (Lipinski definition) is 1. The highest BCUT2D eigenvalue weighted by Crippen LogP contribution is 2.25. The maximum absolute atomic E-state index is 11.6. The SMILES string of the molecule is COC(=O)CC(Cc1cc(C)c(OC)cc1C)NC1CC1. The summed E-state index contributed by atoms with van der Waals surface area (Å²) in [5.74, 6) is 0.756. The van der Waals surface area contributed by atoms with E-state index in [9.17, 15) is 4.79 Å². The second-order valence-corrected chi connectivity index (χ2v) is 5.87. The Hall–Kier alpha value is -1.55. The summed E-state index contributed by atoms with van der Waals surface area (Å²) in [6.07, 6.45) is 3.66. The molecule has 1 unspecified atom stereocenters. The number of carbonyl (C=O) groups is 1. The third-order valence-electron chi connectivity index (χ3n) is 4.01. The smallest absolute Gasteiger partial charge is 0.307 e. The second-order valence-electron chi connectivity index (χ2n) is 5.87. The van der Waals surface area contributed by atoms with Crippen molar-refractivity contribution < 1.29 is 14.3 Å². The van der Waals surface area contributed by atoms with Crippen molar-refractivity contribution in [2.75, 3.05) is 14.2 Å². The lowest BCUT2D eigenvalue weighted by Gasteiger charge is -2.20. The minimum absolute atomic E-state index is 0.136. The first-order valence-electron chi connectivity index (χ1n) is 7.50. The van der Waals surface area contributed by atoms with Crippen molar-refractivity contribution in [2.45, 2.75) is 51.6 Å². The number of rotatable bonds is 7. The van der Waals surface area contributed by atoms with Gasteiger partial charge in [0.1, 0.15) is 5.75 Å². The summed E-state index contributed by atoms with van der Waals surface area (Å²) in [7, 11) is 3.13. The first-order valence-corrected chi connectivity index (χ1v) is 7.50. The van der Waals surface area contributed by atoms with Gasteiger partial charge in [-0.05, 0) is 55.9 Å². The summed E-state index contributed by atoms with van der Waals surface area (Å²) >= 11 is 0. The molecule has 1 fully saturated rings. The summed E-state index contributed by atoms with van der Waals surface area (Å²) < 4.78 is 10.2. The number of carbonyl (C=O) groups excluding carboxylic acids is 1. The van der Waals surface area contributed by atoms with Gasteiger partial charge >= 0.3 is 5.97 Å². The van der Waals surface area contributed by atoms with Crippen LogP contribution < -0.4 is 10.1 Å². The van der Waals surface area contributed by atoms with E-state index in [1.54, 1.807) is 7.11 Å². The fourth-order valence-corrected chi connectivity index (χ4v) is 2.61. The van der Waals surface area contributed by atoms with E-state index in [2.05, 4.69) is 24.4 Å². The lowest BCUT2D eigenvalue weighted by Crippen LogP contribution is -2.35. The molecule has 4 heteroatoms. The van der Waals surface area contributed by atoms with Crippen molar-refractivity contribution in [3.63, 3.8) is 0 Å². The van der Waals surface area contributed by atoms with Crippen LogP contribution in [0.25, 0.3) is 0 Å². The number of benzene rings is 1. The number of aryl methyl sites for hydroxylation is 2. The molecule has 1 aliphatic carbocycles. The summed E-state index contributed by atoms with van der Waals surface area (Å²) in [4.78, 5) is 11.6. The lowest BCUT2D eigenvalue weighted by atomic mass is 9.96. The predicted octanol–water partition coefficient (Wildman–Crippen LogP) is 2.54. The zero-order valence-electron chi connectivity index (χ0n) is 13.4. The molecule has 0 spiro atoms. The summed E-state index contributed by atoms with van der Waals surface area (Å²) in [5, 5.41) is 3.55. The van der Waals surface area contributed by atoms with Gasteiger partial charge in [-0.15, -0.1) is 0 Å². The average molecular weight is 291 g/mol. The van der Waals surface area contributed by atoms with Gasteiger partial charge in [0, 0.05) is 12.1 Å². The van der Waals surface area contributed by atoms with Gasteiger partial charge in [-0.1, -0.05) is 6.07 Å². The van der Waals surface area contributed by atoms with Crippen LogP contribution in [-0.2, 0) is 16.0 Å². The Bertz CT molecular complexity index is 509. The van der Waals surface area contributed by atoms with Gasteiger partial charge < -0.3 is 14.8 Å². The van der Waals surface area contributed by atoms with Crippen molar-refractivity contribution in [2.24, 2.45) is 0 Å². The Balaban J connectivity index is 2.11. The van der Waals surface area contributed by atoms with Gasteiger partial charge in [-0.3, -0.25) is 4.79 Å². The van der Waals surface area contributed by atoms with Gasteiger partial charge in [-0.2, -0.15) is 0 Å². The van der Waals surface area contributed by atoms with Crippen LogP contribution in [0, 0.1) is 13.8 Å². The molecular formula is C17H25NO3. The van der Waals surface area contributed by atoms with Crippen molar-refractivity contribution in [1.82, 2.24) is 5.32 Å². The van der Waals surface area contributed by atoms with E-state index in [0.29, 0.717) is 12.5 Å². The van der Waals surface area contributed by atoms with E-state index in [-0.39, 0.29) is 12.0 Å². The van der Waals surface area contributed by atoms with Crippen LogP contribution >= 0.6 is 0 Å². The highest BCUT2D eigenvalue weighted by Gasteiger charge is 2.26. The summed E-state index contributed by atoms with van der Waals surface area (Å²) in [6.45, 7) is 4.13. The Morgan fingerprint density at radius 3 is 2.57 bits per heavy atom. The Kier molecular flexibility index (Phi) is 5.23. The molecule has 116 valence electrons. The molecule has 1 atom stereocenters. The molecule has 0 saturated heterocycles. The van der Waals surface area contributed by atoms with Crippen LogP contribution in [0.5, 0.6) is 5.75 Å². The molecule has 0 radical (unpaired) electrons. The Labute approximate surface area is 126 Å². The summed E-state index contributed by atoms with van der Waals surface area (Å²) in [6, 6.07) is 4.93. The van der Waals surface area contributed by atoms with E-state index < -0.39 is 0 Å². The summed E-state index contributed by atoms with van der Waals surface area (Å²) in [5.41, 5.74) is 3.58. The van der Waals surface area contributed by atoms with Crippen molar-refractivity contribution in [3.8, 4) is 5.75 Å². The van der Waals surface area contributed by atoms with Crippen molar-refractivity contribution in [1.29, 1.82) is 0 Å². The fourth-order valence-electron chi connectivity index (χ4n) is 2.61. The number of methoxy groups -OCH3 is 2. The molecule has 1 aliphatic rings. The van der Waals surface area contributed by atoms with E-state index in [1.807, 2.05) is 6.92 Å². The van der Waals surface area contributed by atoms with Gasteiger partial charge in [0.05, 0.1) is 20.6 Å². The van der Waals surface area contributed by atoms with E-state index in [0.717, 1.165) is 17.7 Å². The zero-order valence-corrected chi connectivity index (χ0v) is 13.4. The second kappa shape index (κ2) is 6.94. The van der Waals surface area contributed by atoms with Crippen LogP contribution in [0.4, 0.5) is 0 Å². The molecule has 0 heterocycles. The molecule has 1 aromatic carbocycles. The quantitative estimate of drug-likeness (QED) is 0.784. The highest BCUT2D eigenvalue weighted by molar-refractivity contribution is 5.70. The van der Waals surface area contributed by atoms with E-state index in [1.165, 1.54) is 31.1 Å². The lowest BCUT2D eigenvalue weighted by molar-refractivity contribution is -0.141. The minimum atomic E-state index is -0.156. The number of nitrogens with one attached hydrogen (secondary N) is 1. The highest BCUT2D eigenvalue weighted by atomic mass is 16.5. The molecule has 0 amide bonds. The van der Waals surface area contributed by atoms with Crippen molar-refractivity contribution in [3.05, 3.63) is 28.8 Å². The van der Waals surface area contributed by atoms with Crippen LogP contribution in [-0.4, -0.2) is 32.3 Å². The first-order chi connectivity index (χ1) is 10.0. The predicted molar refractivity (Wildman–Crippen MR) is 82.8 cm³/mol. The van der Waals surface area contributed by atoms with Gasteiger partial charge in [0.2, 0.25) is 0 Å². The number of ether oxygens (including phenoxy) is 2. The maximum Gasteiger partial charge on any atom is 0.307 e. The maximum atomic E-state index is 11.6. The van der Waals surface area contributed by atoms with Crippen molar-refractivity contribution >= 4 is 5.97 Å².